The van der Waals surface area contributed by atoms with Gasteiger partial charge in [0.25, 0.3) is 0 Å². The third-order valence-electron chi connectivity index (χ3n) is 1.43. The number of rotatable bonds is 0. The first kappa shape index (κ1) is 6.33. The van der Waals surface area contributed by atoms with Crippen LogP contribution in [0.4, 0.5) is 0 Å². The van der Waals surface area contributed by atoms with Gasteiger partial charge in [-0.2, -0.15) is 0 Å². The Morgan fingerprint density at radius 3 is 2.88 bits per heavy atom. The first-order valence-electron chi connectivity index (χ1n) is 2.86. The molecule has 0 radical (unpaired) electrons. The van der Waals surface area contributed by atoms with E-state index in [-0.39, 0.29) is 5.50 Å². The second kappa shape index (κ2) is 2.67. The molecule has 3 heteroatoms. The van der Waals surface area contributed by atoms with Crippen LogP contribution >= 0.6 is 11.6 Å². The number of hydrogen-bond acceptors (Lipinski definition) is 2. The van der Waals surface area contributed by atoms with Crippen molar-refractivity contribution < 1.29 is 0 Å². The number of nitrogens with one attached hydrogen (secondary N) is 1. The average Bonchev–Trinajstić information content (AvgIpc) is 1.77. The lowest BCUT2D eigenvalue weighted by Gasteiger charge is -2.27. The van der Waals surface area contributed by atoms with Gasteiger partial charge in [-0.15, -0.1) is 11.6 Å². The molecule has 0 saturated carbocycles. The molecule has 1 atom stereocenters. The van der Waals surface area contributed by atoms with E-state index in [1.807, 2.05) is 7.05 Å². The van der Waals surface area contributed by atoms with Crippen LogP contribution in [-0.2, 0) is 0 Å². The molecule has 0 spiro atoms. The van der Waals surface area contributed by atoms with Gasteiger partial charge in [0.15, 0.2) is 0 Å². The molecule has 1 heterocycles. The molecular formula is C5H11ClN2. The molecule has 1 saturated heterocycles. The number of likely N-dealkylation sites (N-methyl/N-ethyl adjacent to an activating group) is 1. The molecule has 2 nitrogen and oxygen atoms in total. The summed E-state index contributed by atoms with van der Waals surface area (Å²) in [7, 11) is 2.04. The van der Waals surface area contributed by atoms with Gasteiger partial charge < -0.3 is 5.32 Å². The van der Waals surface area contributed by atoms with Crippen molar-refractivity contribution in [2.24, 2.45) is 0 Å². The number of hydrogen-bond donors (Lipinski definition) is 1. The van der Waals surface area contributed by atoms with Crippen LogP contribution in [0, 0.1) is 0 Å². The molecule has 1 unspecified atom stereocenters. The summed E-state index contributed by atoms with van der Waals surface area (Å²) >= 11 is 5.83. The SMILES string of the molecule is CN1CCNCC1Cl. The molecule has 0 aromatic rings. The van der Waals surface area contributed by atoms with E-state index in [2.05, 4.69) is 10.2 Å². The van der Waals surface area contributed by atoms with Crippen LogP contribution in [0.2, 0.25) is 0 Å². The third kappa shape index (κ3) is 1.34. The van der Waals surface area contributed by atoms with Gasteiger partial charge >= 0.3 is 0 Å². The Bertz CT molecular complexity index is 66.8. The van der Waals surface area contributed by atoms with Crippen molar-refractivity contribution in [2.45, 2.75) is 5.50 Å². The number of nitrogens with zero attached hydrogens (tertiary/aromatic N) is 1. The van der Waals surface area contributed by atoms with E-state index in [0.717, 1.165) is 19.6 Å². The van der Waals surface area contributed by atoms with Gasteiger partial charge in [0.1, 0.15) is 0 Å². The normalized spacial score (nSPS) is 33.0. The van der Waals surface area contributed by atoms with Crippen molar-refractivity contribution in [3.05, 3.63) is 0 Å². The lowest BCUT2D eigenvalue weighted by Crippen LogP contribution is -2.46. The molecule has 1 fully saturated rings. The average molecular weight is 135 g/mol. The van der Waals surface area contributed by atoms with Crippen LogP contribution in [0.3, 0.4) is 0 Å². The Hall–Kier alpha value is 0.210. The Balaban J connectivity index is 2.28. The van der Waals surface area contributed by atoms with Crippen LogP contribution < -0.4 is 5.32 Å². The predicted molar refractivity (Wildman–Crippen MR) is 35.1 cm³/mol. The monoisotopic (exact) mass is 134 g/mol. The second-order valence-corrected chi connectivity index (χ2v) is 2.62. The topological polar surface area (TPSA) is 15.3 Å². The highest BCUT2D eigenvalue weighted by Gasteiger charge is 2.13. The molecule has 0 aromatic heterocycles. The summed E-state index contributed by atoms with van der Waals surface area (Å²) in [4.78, 5) is 2.14. The van der Waals surface area contributed by atoms with Crippen LogP contribution in [0.25, 0.3) is 0 Å². The van der Waals surface area contributed by atoms with E-state index in [4.69, 9.17) is 11.6 Å². The minimum atomic E-state index is 0.198. The third-order valence-corrected chi connectivity index (χ3v) is 1.92. The van der Waals surface area contributed by atoms with Crippen molar-refractivity contribution in [2.75, 3.05) is 26.7 Å². The van der Waals surface area contributed by atoms with Gasteiger partial charge in [-0.25, -0.2) is 0 Å². The molecule has 48 valence electrons. The van der Waals surface area contributed by atoms with Gasteiger partial charge in [-0.1, -0.05) is 0 Å². The maximum atomic E-state index is 5.83. The summed E-state index contributed by atoms with van der Waals surface area (Å²) in [6.45, 7) is 3.05. The van der Waals surface area contributed by atoms with Gasteiger partial charge in [0.05, 0.1) is 5.50 Å². The zero-order valence-electron chi connectivity index (χ0n) is 5.02. The maximum Gasteiger partial charge on any atom is 0.0974 e. The van der Waals surface area contributed by atoms with Crippen molar-refractivity contribution in [1.29, 1.82) is 0 Å². The minimum Gasteiger partial charge on any atom is -0.313 e. The molecule has 1 rings (SSSR count). The Morgan fingerprint density at radius 1 is 1.75 bits per heavy atom. The highest BCUT2D eigenvalue weighted by Crippen LogP contribution is 2.02. The summed E-state index contributed by atoms with van der Waals surface area (Å²) in [5.74, 6) is 0. The molecule has 0 aromatic carbocycles. The van der Waals surface area contributed by atoms with Crippen LogP contribution in [0.1, 0.15) is 0 Å². The first-order chi connectivity index (χ1) is 3.80. The minimum absolute atomic E-state index is 0.198. The van der Waals surface area contributed by atoms with Crippen molar-refractivity contribution in [1.82, 2.24) is 10.2 Å². The molecule has 1 aliphatic heterocycles. The Labute approximate surface area is 54.8 Å². The molecular weight excluding hydrogens is 124 g/mol. The standard InChI is InChI=1S/C5H11ClN2/c1-8-3-2-7-4-5(8)6/h5,7H,2-4H2,1H3. The van der Waals surface area contributed by atoms with Gasteiger partial charge in [-0.05, 0) is 7.05 Å². The van der Waals surface area contributed by atoms with Crippen LogP contribution in [0.15, 0.2) is 0 Å². The summed E-state index contributed by atoms with van der Waals surface area (Å²) in [5.41, 5.74) is 0.198. The van der Waals surface area contributed by atoms with E-state index in [1.165, 1.54) is 0 Å². The highest BCUT2D eigenvalue weighted by atomic mass is 35.5. The largest absolute Gasteiger partial charge is 0.313 e. The maximum absolute atomic E-state index is 5.83. The van der Waals surface area contributed by atoms with Crippen LogP contribution in [-0.4, -0.2) is 37.1 Å². The zero-order chi connectivity index (χ0) is 5.98. The van der Waals surface area contributed by atoms with Crippen LogP contribution in [0.5, 0.6) is 0 Å². The quantitative estimate of drug-likeness (QED) is 0.373. The second-order valence-electron chi connectivity index (χ2n) is 2.12. The van der Waals surface area contributed by atoms with Crippen molar-refractivity contribution >= 4 is 11.6 Å². The molecule has 1 aliphatic rings. The van der Waals surface area contributed by atoms with E-state index in [0.29, 0.717) is 0 Å². The van der Waals surface area contributed by atoms with Gasteiger partial charge in [-0.3, -0.25) is 4.90 Å². The van der Waals surface area contributed by atoms with Crippen molar-refractivity contribution in [3.8, 4) is 0 Å². The fourth-order valence-electron chi connectivity index (χ4n) is 0.772. The Morgan fingerprint density at radius 2 is 2.50 bits per heavy atom. The number of piperazine rings is 1. The highest BCUT2D eigenvalue weighted by molar-refractivity contribution is 6.20. The van der Waals surface area contributed by atoms with Crippen molar-refractivity contribution in [3.63, 3.8) is 0 Å². The molecule has 1 N–H and O–H groups in total. The Kier molecular flexibility index (Phi) is 2.11. The lowest BCUT2D eigenvalue weighted by molar-refractivity contribution is 0.261. The molecule has 0 amide bonds. The summed E-state index contributed by atoms with van der Waals surface area (Å²) in [6, 6.07) is 0. The number of halogens is 1. The van der Waals surface area contributed by atoms with E-state index in [9.17, 15) is 0 Å². The van der Waals surface area contributed by atoms with Gasteiger partial charge in [0.2, 0.25) is 0 Å². The predicted octanol–water partition coefficient (Wildman–Crippen LogP) is 0.0863. The first-order valence-corrected chi connectivity index (χ1v) is 3.29. The molecule has 0 aliphatic carbocycles. The summed E-state index contributed by atoms with van der Waals surface area (Å²) < 4.78 is 0. The summed E-state index contributed by atoms with van der Waals surface area (Å²) in [5, 5.41) is 3.19. The summed E-state index contributed by atoms with van der Waals surface area (Å²) in [6.07, 6.45) is 0. The fraction of sp³-hybridized carbons (Fsp3) is 1.00. The zero-order valence-corrected chi connectivity index (χ0v) is 5.78. The van der Waals surface area contributed by atoms with E-state index >= 15 is 0 Å². The fourth-order valence-corrected chi connectivity index (χ4v) is 0.979. The number of alkyl halides is 1. The lowest BCUT2D eigenvalue weighted by atomic mass is 10.4. The van der Waals surface area contributed by atoms with Gasteiger partial charge in [0, 0.05) is 19.6 Å². The smallest absolute Gasteiger partial charge is 0.0974 e. The molecule has 8 heavy (non-hydrogen) atoms. The van der Waals surface area contributed by atoms with E-state index < -0.39 is 0 Å². The van der Waals surface area contributed by atoms with E-state index in [1.54, 1.807) is 0 Å². The molecule has 0 bridgehead atoms.